The highest BCUT2D eigenvalue weighted by atomic mass is 35.5. The Morgan fingerprint density at radius 1 is 1.20 bits per heavy atom. The predicted octanol–water partition coefficient (Wildman–Crippen LogP) is 4.32. The van der Waals surface area contributed by atoms with Crippen LogP contribution in [-0.4, -0.2) is 12.5 Å². The number of ether oxygens (including phenoxy) is 1. The largest absolute Gasteiger partial charge is 0.483 e. The third-order valence-corrected chi connectivity index (χ3v) is 3.21. The second kappa shape index (κ2) is 6.64. The molecular formula is C15H13Cl2NO2. The monoisotopic (exact) mass is 309 g/mol. The van der Waals surface area contributed by atoms with Crippen molar-refractivity contribution >= 4 is 34.8 Å². The van der Waals surface area contributed by atoms with Crippen LogP contribution in [0.25, 0.3) is 0 Å². The summed E-state index contributed by atoms with van der Waals surface area (Å²) in [6.07, 6.45) is 0. The lowest BCUT2D eigenvalue weighted by Gasteiger charge is -2.10. The average molecular weight is 310 g/mol. The lowest BCUT2D eigenvalue weighted by Crippen LogP contribution is -2.20. The smallest absolute Gasteiger partial charge is 0.262 e. The number of halogens is 2. The van der Waals surface area contributed by atoms with E-state index >= 15 is 0 Å². The van der Waals surface area contributed by atoms with Crippen LogP contribution in [0.3, 0.4) is 0 Å². The molecule has 0 atom stereocenters. The van der Waals surface area contributed by atoms with Crippen molar-refractivity contribution in [3.63, 3.8) is 0 Å². The maximum Gasteiger partial charge on any atom is 0.262 e. The standard InChI is InChI=1S/C15H13Cl2NO2/c1-10-4-2-3-5-14(10)20-9-15(19)18-13-7-6-11(16)8-12(13)17/h2-8H,9H2,1H3,(H,18,19). The molecule has 104 valence electrons. The first-order chi connectivity index (χ1) is 9.56. The average Bonchev–Trinajstić information content (AvgIpc) is 2.41. The van der Waals surface area contributed by atoms with Crippen molar-refractivity contribution in [2.24, 2.45) is 0 Å². The molecule has 0 bridgehead atoms. The van der Waals surface area contributed by atoms with E-state index in [9.17, 15) is 4.79 Å². The zero-order valence-corrected chi connectivity index (χ0v) is 12.3. The third-order valence-electron chi connectivity index (χ3n) is 2.66. The molecule has 1 amide bonds. The molecule has 0 aromatic heterocycles. The quantitative estimate of drug-likeness (QED) is 0.913. The molecule has 0 aliphatic heterocycles. The van der Waals surface area contributed by atoms with Crippen LogP contribution in [0.4, 0.5) is 5.69 Å². The molecule has 2 rings (SSSR count). The van der Waals surface area contributed by atoms with E-state index in [1.54, 1.807) is 18.2 Å². The molecule has 0 spiro atoms. The van der Waals surface area contributed by atoms with E-state index in [0.29, 0.717) is 21.5 Å². The first kappa shape index (κ1) is 14.7. The second-order valence-electron chi connectivity index (χ2n) is 4.23. The summed E-state index contributed by atoms with van der Waals surface area (Å²) in [5.74, 6) is 0.405. The predicted molar refractivity (Wildman–Crippen MR) is 81.8 cm³/mol. The highest BCUT2D eigenvalue weighted by Gasteiger charge is 2.08. The number of nitrogens with one attached hydrogen (secondary N) is 1. The molecule has 0 saturated heterocycles. The van der Waals surface area contributed by atoms with Crippen molar-refractivity contribution in [2.75, 3.05) is 11.9 Å². The van der Waals surface area contributed by atoms with Crippen LogP contribution >= 0.6 is 23.2 Å². The summed E-state index contributed by atoms with van der Waals surface area (Å²) in [7, 11) is 0. The van der Waals surface area contributed by atoms with E-state index in [1.807, 2.05) is 31.2 Å². The minimum absolute atomic E-state index is 0.0796. The van der Waals surface area contributed by atoms with Crippen molar-refractivity contribution in [1.82, 2.24) is 0 Å². The SMILES string of the molecule is Cc1ccccc1OCC(=O)Nc1ccc(Cl)cc1Cl. The van der Waals surface area contributed by atoms with Gasteiger partial charge in [-0.05, 0) is 36.8 Å². The van der Waals surface area contributed by atoms with Gasteiger partial charge < -0.3 is 10.1 Å². The number of anilines is 1. The molecule has 20 heavy (non-hydrogen) atoms. The van der Waals surface area contributed by atoms with Crippen LogP contribution < -0.4 is 10.1 Å². The lowest BCUT2D eigenvalue weighted by atomic mass is 10.2. The van der Waals surface area contributed by atoms with Crippen molar-refractivity contribution in [3.8, 4) is 5.75 Å². The first-order valence-electron chi connectivity index (χ1n) is 5.99. The van der Waals surface area contributed by atoms with Crippen LogP contribution in [0.5, 0.6) is 5.75 Å². The Hall–Kier alpha value is -1.71. The van der Waals surface area contributed by atoms with Gasteiger partial charge in [0.2, 0.25) is 0 Å². The Morgan fingerprint density at radius 2 is 1.95 bits per heavy atom. The highest BCUT2D eigenvalue weighted by Crippen LogP contribution is 2.25. The molecule has 3 nitrogen and oxygen atoms in total. The first-order valence-corrected chi connectivity index (χ1v) is 6.75. The van der Waals surface area contributed by atoms with E-state index in [0.717, 1.165) is 5.56 Å². The molecule has 1 N–H and O–H groups in total. The van der Waals surface area contributed by atoms with E-state index in [1.165, 1.54) is 0 Å². The van der Waals surface area contributed by atoms with Gasteiger partial charge in [-0.25, -0.2) is 0 Å². The molecule has 0 saturated carbocycles. The second-order valence-corrected chi connectivity index (χ2v) is 5.07. The van der Waals surface area contributed by atoms with Crippen molar-refractivity contribution in [1.29, 1.82) is 0 Å². The Labute approximate surface area is 127 Å². The van der Waals surface area contributed by atoms with Crippen molar-refractivity contribution < 1.29 is 9.53 Å². The molecule has 0 unspecified atom stereocenters. The Morgan fingerprint density at radius 3 is 2.65 bits per heavy atom. The minimum Gasteiger partial charge on any atom is -0.483 e. The van der Waals surface area contributed by atoms with Crippen LogP contribution in [0.2, 0.25) is 10.0 Å². The molecule has 0 aliphatic carbocycles. The maximum absolute atomic E-state index is 11.8. The Kier molecular flexibility index (Phi) is 4.88. The van der Waals surface area contributed by atoms with Crippen LogP contribution in [0.15, 0.2) is 42.5 Å². The van der Waals surface area contributed by atoms with E-state index in [-0.39, 0.29) is 12.5 Å². The van der Waals surface area contributed by atoms with Crippen molar-refractivity contribution in [2.45, 2.75) is 6.92 Å². The molecule has 0 aliphatic rings. The third kappa shape index (κ3) is 3.89. The van der Waals surface area contributed by atoms with E-state index in [2.05, 4.69) is 5.32 Å². The molecule has 0 heterocycles. The van der Waals surface area contributed by atoms with Gasteiger partial charge in [0, 0.05) is 5.02 Å². The topological polar surface area (TPSA) is 38.3 Å². The molecule has 0 fully saturated rings. The van der Waals surface area contributed by atoms with E-state index in [4.69, 9.17) is 27.9 Å². The number of amides is 1. The van der Waals surface area contributed by atoms with E-state index < -0.39 is 0 Å². The van der Waals surface area contributed by atoms with Gasteiger partial charge in [0.25, 0.3) is 5.91 Å². The van der Waals surface area contributed by atoms with Gasteiger partial charge in [0.05, 0.1) is 10.7 Å². The maximum atomic E-state index is 11.8. The fourth-order valence-corrected chi connectivity index (χ4v) is 2.09. The number of hydrogen-bond donors (Lipinski definition) is 1. The normalized spacial score (nSPS) is 10.2. The number of carbonyl (C=O) groups is 1. The van der Waals surface area contributed by atoms with Crippen LogP contribution in [0.1, 0.15) is 5.56 Å². The van der Waals surface area contributed by atoms with Gasteiger partial charge in [-0.15, -0.1) is 0 Å². The van der Waals surface area contributed by atoms with Gasteiger partial charge in [-0.2, -0.15) is 0 Å². The molecule has 5 heteroatoms. The Bertz CT molecular complexity index is 629. The number of benzene rings is 2. The fraction of sp³-hybridized carbons (Fsp3) is 0.133. The van der Waals surface area contributed by atoms with Gasteiger partial charge in [0.1, 0.15) is 5.75 Å². The Balaban J connectivity index is 1.94. The van der Waals surface area contributed by atoms with Gasteiger partial charge in [-0.1, -0.05) is 41.4 Å². The van der Waals surface area contributed by atoms with Crippen LogP contribution in [0, 0.1) is 6.92 Å². The zero-order valence-electron chi connectivity index (χ0n) is 10.8. The summed E-state index contributed by atoms with van der Waals surface area (Å²) in [5, 5.41) is 3.58. The molecule has 2 aromatic rings. The van der Waals surface area contributed by atoms with Gasteiger partial charge >= 0.3 is 0 Å². The molecular weight excluding hydrogens is 297 g/mol. The minimum atomic E-state index is -0.280. The van der Waals surface area contributed by atoms with Gasteiger partial charge in [0.15, 0.2) is 6.61 Å². The summed E-state index contributed by atoms with van der Waals surface area (Å²) in [6, 6.07) is 12.4. The summed E-state index contributed by atoms with van der Waals surface area (Å²) >= 11 is 11.8. The van der Waals surface area contributed by atoms with Crippen molar-refractivity contribution in [3.05, 3.63) is 58.1 Å². The summed E-state index contributed by atoms with van der Waals surface area (Å²) < 4.78 is 5.45. The summed E-state index contributed by atoms with van der Waals surface area (Å²) in [6.45, 7) is 1.84. The molecule has 0 radical (unpaired) electrons. The number of aryl methyl sites for hydroxylation is 1. The lowest BCUT2D eigenvalue weighted by molar-refractivity contribution is -0.118. The summed E-state index contributed by atoms with van der Waals surface area (Å²) in [5.41, 5.74) is 1.49. The fourth-order valence-electron chi connectivity index (χ4n) is 1.64. The molecule has 2 aromatic carbocycles. The zero-order chi connectivity index (χ0) is 14.5. The van der Waals surface area contributed by atoms with Crippen LogP contribution in [-0.2, 0) is 4.79 Å². The van der Waals surface area contributed by atoms with Gasteiger partial charge in [-0.3, -0.25) is 4.79 Å². The number of carbonyl (C=O) groups excluding carboxylic acids is 1. The number of para-hydroxylation sites is 1. The number of hydrogen-bond acceptors (Lipinski definition) is 2. The summed E-state index contributed by atoms with van der Waals surface area (Å²) in [4.78, 5) is 11.8. The highest BCUT2D eigenvalue weighted by molar-refractivity contribution is 6.36. The number of rotatable bonds is 4.